The van der Waals surface area contributed by atoms with Gasteiger partial charge in [-0.05, 0) is 150 Å². The van der Waals surface area contributed by atoms with Crippen LogP contribution in [0.2, 0.25) is 0 Å². The summed E-state index contributed by atoms with van der Waals surface area (Å²) in [5.74, 6) is -14.8. The number of unbranched alkanes of at least 4 members (excludes halogenated alkanes) is 2. The van der Waals surface area contributed by atoms with E-state index in [1.807, 2.05) is 24.3 Å². The standard InChI is InChI=1S/C77H127N23O16S/c1-9-43(5)61(99-68(108)52(27-17-19-34-79)91-65(105)51(26-16-18-33-78)90-64(104)49(80)39-47-40-88-50-25-15-14-24-48(47)50)73(113)94-54(29-21-36-87-77(84)85)66(106)92-53(28-20-35-86-76(82)83)67(107)96-57(38-46-22-12-11-13-23-46)70(110)89-45(7)63(103)97-58(41-101)71(111)93-55(30-31-59(81)102)69(109)98-60(42(3)4)72(112)100-62(44(6)10-2)74(114)95-56(75(115)116)32-37-117-8/h11-15,22-25,40,42-45,49,51-58,60-62,88,101H,9-10,16-21,26-39,41,78-80H2,1-8H3,(H2,81,102)(H,89,110)(H,90,104)(H,91,105)(H,92,106)(H,93,111)(H,94,113)(H,95,114)(H,96,107)(H,97,103)(H,98,109)(H,99,108)(H,100,112)(H,115,116)(H4,82,83,86)(H4,84,85,87)/t43-,44-,45-,49-,51-,52-,53-,54-,55-,56-,57-,58-,60-,61-,62-/m0/s1. The normalized spacial score (nSPS) is 15.1. The van der Waals surface area contributed by atoms with Gasteiger partial charge in [0.1, 0.15) is 72.5 Å². The number of para-hydroxylation sites is 1. The number of amides is 13. The van der Waals surface area contributed by atoms with Crippen molar-refractivity contribution < 1.29 is 77.3 Å². The number of guanidine groups is 2. The Kier molecular flexibility index (Phi) is 46.0. The van der Waals surface area contributed by atoms with E-state index in [4.69, 9.17) is 45.9 Å². The molecule has 31 N–H and O–H groups in total. The summed E-state index contributed by atoms with van der Waals surface area (Å²) in [6, 6.07) is -2.59. The number of hydrogen-bond donors (Lipinski definition) is 23. The van der Waals surface area contributed by atoms with Gasteiger partial charge in [0.25, 0.3) is 0 Å². The molecule has 117 heavy (non-hydrogen) atoms. The predicted octanol–water partition coefficient (Wildman–Crippen LogP) is -3.67. The SMILES string of the molecule is CC[C@H](C)[C@H](NC(=O)[C@H](CCCCN)NC(=O)[C@H](CCCCN)NC(=O)[C@@H](N)Cc1c[nH]c2ccccc12)C(=O)N[C@@H](CCCN=C(N)N)C(=O)N[C@@H](CCCN=C(N)N)C(=O)N[C@@H](Cc1ccccc1)C(=O)N[C@@H](C)C(=O)N[C@@H](CO)C(=O)N[C@@H](CCC(N)=O)C(=O)N[C@H](C(=O)N[C@H](C(=O)N[C@@H](CCSC)C(=O)O)[C@@H](C)CC)C(C)C. The molecule has 13 amide bonds. The number of carbonyl (C=O) groups excluding carboxylic acids is 13. The van der Waals surface area contributed by atoms with Crippen LogP contribution in [0, 0.1) is 17.8 Å². The summed E-state index contributed by atoms with van der Waals surface area (Å²) in [6.45, 7) is 10.6. The lowest BCUT2D eigenvalue weighted by Gasteiger charge is -2.30. The molecule has 1 aromatic heterocycles. The summed E-state index contributed by atoms with van der Waals surface area (Å²) in [5, 5.41) is 52.6. The second kappa shape index (κ2) is 53.5. The maximum absolute atomic E-state index is 14.9. The average molecular weight is 1660 g/mol. The number of benzene rings is 2. The number of hydrogen-bond acceptors (Lipinski definition) is 21. The van der Waals surface area contributed by atoms with Crippen LogP contribution in [0.3, 0.4) is 0 Å². The van der Waals surface area contributed by atoms with Gasteiger partial charge < -0.3 is 125 Å². The zero-order valence-electron chi connectivity index (χ0n) is 68.3. The molecule has 0 radical (unpaired) electrons. The van der Waals surface area contributed by atoms with Gasteiger partial charge in [0, 0.05) is 43.0 Å². The fraction of sp³-hybridized carbons (Fsp3) is 0.610. The van der Waals surface area contributed by atoms with Crippen molar-refractivity contribution >= 4 is 117 Å². The Morgan fingerprint density at radius 1 is 0.444 bits per heavy atom. The molecule has 0 fully saturated rings. The molecule has 0 bridgehead atoms. The molecule has 3 rings (SSSR count). The second-order valence-electron chi connectivity index (χ2n) is 29.3. The van der Waals surface area contributed by atoms with E-state index in [0.29, 0.717) is 56.4 Å². The van der Waals surface area contributed by atoms with Crippen LogP contribution in [0.4, 0.5) is 0 Å². The van der Waals surface area contributed by atoms with Gasteiger partial charge >= 0.3 is 5.97 Å². The highest BCUT2D eigenvalue weighted by Crippen LogP contribution is 2.21. The number of nitrogens with zero attached hydrogens (tertiary/aromatic N) is 2. The largest absolute Gasteiger partial charge is 0.480 e. The van der Waals surface area contributed by atoms with Crippen molar-refractivity contribution in [3.8, 4) is 0 Å². The number of nitrogens with one attached hydrogen (secondary N) is 13. The van der Waals surface area contributed by atoms with Crippen LogP contribution in [0.5, 0.6) is 0 Å². The van der Waals surface area contributed by atoms with Crippen molar-refractivity contribution in [3.63, 3.8) is 0 Å². The molecule has 0 saturated carbocycles. The molecule has 2 aromatic carbocycles. The first-order valence-electron chi connectivity index (χ1n) is 39.7. The van der Waals surface area contributed by atoms with Crippen LogP contribution in [0.1, 0.15) is 156 Å². The third-order valence-electron chi connectivity index (χ3n) is 19.6. The van der Waals surface area contributed by atoms with E-state index in [9.17, 15) is 77.3 Å². The Hall–Kier alpha value is -10.7. The molecular formula is C77H127N23O16S. The van der Waals surface area contributed by atoms with Crippen molar-refractivity contribution in [2.24, 2.45) is 73.6 Å². The predicted molar refractivity (Wildman–Crippen MR) is 444 cm³/mol. The van der Waals surface area contributed by atoms with Crippen molar-refractivity contribution in [2.45, 2.75) is 236 Å². The van der Waals surface area contributed by atoms with Gasteiger partial charge in [-0.25, -0.2) is 4.79 Å². The fourth-order valence-corrected chi connectivity index (χ4v) is 12.7. The number of thioether (sulfide) groups is 1. The maximum Gasteiger partial charge on any atom is 0.326 e. The summed E-state index contributed by atoms with van der Waals surface area (Å²) in [7, 11) is 0. The lowest BCUT2D eigenvalue weighted by atomic mass is 9.96. The molecule has 0 aliphatic rings. The number of aromatic nitrogens is 1. The third-order valence-corrected chi connectivity index (χ3v) is 20.3. The van der Waals surface area contributed by atoms with Crippen LogP contribution in [-0.2, 0) is 80.0 Å². The van der Waals surface area contributed by atoms with E-state index >= 15 is 0 Å². The number of fused-ring (bicyclic) bond motifs is 1. The van der Waals surface area contributed by atoms with E-state index in [-0.39, 0.29) is 89.3 Å². The molecule has 0 saturated heterocycles. The van der Waals surface area contributed by atoms with E-state index < -0.39 is 199 Å². The van der Waals surface area contributed by atoms with Crippen molar-refractivity contribution in [1.82, 2.24) is 68.8 Å². The van der Waals surface area contributed by atoms with E-state index in [2.05, 4.69) is 78.8 Å². The minimum Gasteiger partial charge on any atom is -0.480 e. The van der Waals surface area contributed by atoms with Crippen LogP contribution in [0.25, 0.3) is 10.9 Å². The number of aliphatic imine (C=N–C) groups is 2. The van der Waals surface area contributed by atoms with Gasteiger partial charge in [-0.15, -0.1) is 0 Å². The average Bonchev–Trinajstić information content (AvgIpc) is 1.67. The Balaban J connectivity index is 1.95. The number of carboxylic acid groups (broad SMARTS) is 1. The number of aliphatic carboxylic acids is 1. The van der Waals surface area contributed by atoms with Gasteiger partial charge in [0.05, 0.1) is 12.6 Å². The van der Waals surface area contributed by atoms with Crippen molar-refractivity contribution in [3.05, 3.63) is 71.9 Å². The van der Waals surface area contributed by atoms with E-state index in [0.717, 1.165) is 16.5 Å². The Labute approximate surface area is 686 Å². The van der Waals surface area contributed by atoms with E-state index in [1.54, 1.807) is 84.3 Å². The Morgan fingerprint density at radius 3 is 1.31 bits per heavy atom. The highest BCUT2D eigenvalue weighted by Gasteiger charge is 2.39. The van der Waals surface area contributed by atoms with Crippen LogP contribution in [0.15, 0.2) is 70.8 Å². The number of primary amides is 1. The number of nitrogens with two attached hydrogens (primary N) is 8. The maximum atomic E-state index is 14.9. The number of carbonyl (C=O) groups is 14. The smallest absolute Gasteiger partial charge is 0.326 e. The van der Waals surface area contributed by atoms with Crippen LogP contribution < -0.4 is 110 Å². The third kappa shape index (κ3) is 36.1. The number of aliphatic hydroxyl groups is 1. The van der Waals surface area contributed by atoms with Gasteiger partial charge in [-0.1, -0.05) is 103 Å². The molecule has 3 aromatic rings. The molecule has 0 unspecified atom stereocenters. The highest BCUT2D eigenvalue weighted by atomic mass is 32.2. The van der Waals surface area contributed by atoms with Gasteiger partial charge in [0.2, 0.25) is 76.8 Å². The van der Waals surface area contributed by atoms with E-state index in [1.165, 1.54) is 18.7 Å². The zero-order chi connectivity index (χ0) is 87.4. The Morgan fingerprint density at radius 2 is 0.846 bits per heavy atom. The summed E-state index contributed by atoms with van der Waals surface area (Å²) in [6.07, 6.45) is 4.94. The lowest BCUT2D eigenvalue weighted by molar-refractivity contribution is -0.142. The topological polar surface area (TPSA) is 672 Å². The molecule has 40 heteroatoms. The quantitative estimate of drug-likeness (QED) is 0.0147. The number of H-pyrrole nitrogens is 1. The van der Waals surface area contributed by atoms with Crippen molar-refractivity contribution in [1.29, 1.82) is 0 Å². The van der Waals surface area contributed by atoms with Crippen LogP contribution >= 0.6 is 11.8 Å². The Bertz CT molecular complexity index is 3790. The second-order valence-corrected chi connectivity index (χ2v) is 30.3. The molecule has 39 nitrogen and oxygen atoms in total. The minimum atomic E-state index is -1.84. The first-order chi connectivity index (χ1) is 55.5. The van der Waals surface area contributed by atoms with Gasteiger partial charge in [-0.2, -0.15) is 11.8 Å². The molecule has 652 valence electrons. The number of carboxylic acids is 1. The molecule has 0 aliphatic heterocycles. The first-order valence-corrected chi connectivity index (χ1v) is 41.0. The highest BCUT2D eigenvalue weighted by molar-refractivity contribution is 7.98. The summed E-state index contributed by atoms with van der Waals surface area (Å²) in [5.41, 5.74) is 48.3. The minimum absolute atomic E-state index is 0.0326. The zero-order valence-corrected chi connectivity index (χ0v) is 69.1. The fourth-order valence-electron chi connectivity index (χ4n) is 12.3. The molecule has 1 heterocycles. The molecule has 0 aliphatic carbocycles. The summed E-state index contributed by atoms with van der Waals surface area (Å²) < 4.78 is 0. The number of rotatable bonds is 57. The van der Waals surface area contributed by atoms with Gasteiger partial charge in [0.15, 0.2) is 11.9 Å². The molecular weight excluding hydrogens is 1540 g/mol. The number of aromatic amines is 1. The number of aliphatic hydroxyl groups excluding tert-OH is 1. The molecule has 15 atom stereocenters. The summed E-state index contributed by atoms with van der Waals surface area (Å²) in [4.78, 5) is 207. The first kappa shape index (κ1) is 100. The summed E-state index contributed by atoms with van der Waals surface area (Å²) >= 11 is 1.37. The van der Waals surface area contributed by atoms with Crippen molar-refractivity contribution in [2.75, 3.05) is 44.8 Å². The van der Waals surface area contributed by atoms with Crippen LogP contribution in [-0.4, -0.2) is 233 Å². The lowest BCUT2D eigenvalue weighted by Crippen LogP contribution is -2.62. The van der Waals surface area contributed by atoms with Gasteiger partial charge in [-0.3, -0.25) is 72.3 Å². The molecule has 0 spiro atoms. The monoisotopic (exact) mass is 1660 g/mol.